The Morgan fingerprint density at radius 1 is 1.28 bits per heavy atom. The normalized spacial score (nSPS) is 16.3. The minimum atomic E-state index is -1.37. The van der Waals surface area contributed by atoms with Crippen LogP contribution in [0.3, 0.4) is 0 Å². The average molecular weight is 450 g/mol. The summed E-state index contributed by atoms with van der Waals surface area (Å²) in [5.74, 6) is -1.66. The molecular weight excluding hydrogens is 427 g/mol. The second-order valence-electron chi connectivity index (χ2n) is 7.19. The number of aliphatic carboxylic acids is 1. The molecule has 1 aliphatic rings. The SMILES string of the molecule is Cc1noc(C)c1-c1cccc([C@H](CC(=O)O)NC(=O)NC2C(=O)C=CN(C)C2=O)c1.[NaH]. The van der Waals surface area contributed by atoms with Crippen LogP contribution in [0.1, 0.15) is 29.5 Å². The maximum absolute atomic E-state index is 12.5. The average Bonchev–Trinajstić information content (AvgIpc) is 3.05. The van der Waals surface area contributed by atoms with E-state index < -0.39 is 42.2 Å². The monoisotopic (exact) mass is 450 g/mol. The first-order valence-corrected chi connectivity index (χ1v) is 9.48. The number of urea groups is 1. The Morgan fingerprint density at radius 2 is 2.00 bits per heavy atom. The summed E-state index contributed by atoms with van der Waals surface area (Å²) in [7, 11) is 1.46. The molecule has 3 rings (SSSR count). The molecule has 0 aliphatic carbocycles. The molecule has 1 unspecified atom stereocenters. The Kier molecular flexibility index (Phi) is 8.37. The van der Waals surface area contributed by atoms with Gasteiger partial charge in [0.05, 0.1) is 18.2 Å². The van der Waals surface area contributed by atoms with Gasteiger partial charge in [0, 0.05) is 24.9 Å². The van der Waals surface area contributed by atoms with E-state index in [0.29, 0.717) is 17.0 Å². The Morgan fingerprint density at radius 3 is 2.62 bits per heavy atom. The number of likely N-dealkylation sites (N-methyl/N-ethyl adjacent to an activating group) is 1. The van der Waals surface area contributed by atoms with Crippen molar-refractivity contribution in [1.29, 1.82) is 0 Å². The third-order valence-electron chi connectivity index (χ3n) is 4.91. The topological polar surface area (TPSA) is 142 Å². The minimum absolute atomic E-state index is 0. The molecule has 10 nitrogen and oxygen atoms in total. The summed E-state index contributed by atoms with van der Waals surface area (Å²) in [4.78, 5) is 49.2. The van der Waals surface area contributed by atoms with E-state index in [4.69, 9.17) is 4.52 Å². The zero-order valence-electron chi connectivity index (χ0n) is 17.2. The summed E-state index contributed by atoms with van der Waals surface area (Å²) in [5, 5.41) is 18.1. The van der Waals surface area contributed by atoms with Crippen molar-refractivity contribution in [2.45, 2.75) is 32.4 Å². The van der Waals surface area contributed by atoms with E-state index in [1.54, 1.807) is 32.0 Å². The maximum atomic E-state index is 12.5. The van der Waals surface area contributed by atoms with Gasteiger partial charge in [0.2, 0.25) is 0 Å². The number of benzene rings is 1. The third-order valence-corrected chi connectivity index (χ3v) is 4.91. The standard InChI is InChI=1S/C21H22N4O6.Na.H/c1-11-18(12(2)31-24-11)14-6-4-5-13(9-14)15(10-17(27)28)22-21(30)23-19-16(26)7-8-25(3)20(19)29;;/h4-9,15,19H,10H2,1-3H3,(H,27,28)(H2,22,23,30);;/t15-,19?;;/m0../s1. The van der Waals surface area contributed by atoms with E-state index in [1.807, 2.05) is 6.07 Å². The molecule has 3 amide bonds. The molecule has 1 aromatic carbocycles. The summed E-state index contributed by atoms with van der Waals surface area (Å²) in [6.07, 6.45) is 2.10. The van der Waals surface area contributed by atoms with Gasteiger partial charge in [-0.3, -0.25) is 14.4 Å². The molecule has 2 heterocycles. The number of hydrogen-bond acceptors (Lipinski definition) is 6. The van der Waals surface area contributed by atoms with Crippen LogP contribution in [-0.2, 0) is 14.4 Å². The van der Waals surface area contributed by atoms with Crippen LogP contribution in [0.2, 0.25) is 0 Å². The van der Waals surface area contributed by atoms with Gasteiger partial charge in [-0.2, -0.15) is 0 Å². The van der Waals surface area contributed by atoms with Crippen molar-refractivity contribution in [3.63, 3.8) is 0 Å². The molecule has 0 fully saturated rings. The van der Waals surface area contributed by atoms with Crippen LogP contribution in [0.15, 0.2) is 41.1 Å². The van der Waals surface area contributed by atoms with Crippen LogP contribution in [0, 0.1) is 13.8 Å². The number of nitrogens with zero attached hydrogens (tertiary/aromatic N) is 2. The number of hydrogen-bond donors (Lipinski definition) is 3. The Balaban J connectivity index is 0.00000363. The molecule has 2 atom stereocenters. The first-order valence-electron chi connectivity index (χ1n) is 9.48. The Bertz CT molecular complexity index is 1060. The molecule has 0 radical (unpaired) electrons. The third kappa shape index (κ3) is 5.64. The van der Waals surface area contributed by atoms with E-state index in [2.05, 4.69) is 15.8 Å². The number of carbonyl (C=O) groups is 4. The fraction of sp³-hybridized carbons (Fsp3) is 0.286. The predicted molar refractivity (Wildman–Crippen MR) is 116 cm³/mol. The van der Waals surface area contributed by atoms with Crippen molar-refractivity contribution in [3.05, 3.63) is 53.6 Å². The Labute approximate surface area is 206 Å². The summed E-state index contributed by atoms with van der Waals surface area (Å²) in [6, 6.07) is 3.89. The van der Waals surface area contributed by atoms with Crippen molar-refractivity contribution in [2.24, 2.45) is 0 Å². The molecule has 1 aliphatic heterocycles. The van der Waals surface area contributed by atoms with Gasteiger partial charge >= 0.3 is 41.6 Å². The predicted octanol–water partition coefficient (Wildman–Crippen LogP) is 1.05. The number of nitrogens with one attached hydrogen (secondary N) is 2. The number of carboxylic acids is 1. The van der Waals surface area contributed by atoms with Gasteiger partial charge in [-0.05, 0) is 31.0 Å². The van der Waals surface area contributed by atoms with Crippen molar-refractivity contribution in [2.75, 3.05) is 7.05 Å². The van der Waals surface area contributed by atoms with Crippen molar-refractivity contribution in [1.82, 2.24) is 20.7 Å². The second kappa shape index (κ2) is 10.6. The summed E-state index contributed by atoms with van der Waals surface area (Å²) >= 11 is 0. The fourth-order valence-corrected chi connectivity index (χ4v) is 3.38. The molecule has 164 valence electrons. The van der Waals surface area contributed by atoms with Gasteiger partial charge < -0.3 is 25.2 Å². The number of ketones is 1. The van der Waals surface area contributed by atoms with Crippen LogP contribution >= 0.6 is 0 Å². The molecule has 3 N–H and O–H groups in total. The molecular formula is C21H23N4NaO6. The second-order valence-corrected chi connectivity index (χ2v) is 7.19. The van der Waals surface area contributed by atoms with Crippen LogP contribution in [-0.4, -0.2) is 81.5 Å². The van der Waals surface area contributed by atoms with Crippen LogP contribution < -0.4 is 10.6 Å². The van der Waals surface area contributed by atoms with Crippen LogP contribution in [0.5, 0.6) is 0 Å². The van der Waals surface area contributed by atoms with Crippen molar-refractivity contribution >= 4 is 53.2 Å². The van der Waals surface area contributed by atoms with Gasteiger partial charge in [-0.15, -0.1) is 0 Å². The first kappa shape index (κ1) is 25.3. The van der Waals surface area contributed by atoms with E-state index in [-0.39, 0.29) is 29.6 Å². The van der Waals surface area contributed by atoms with Gasteiger partial charge in [0.1, 0.15) is 5.76 Å². The fourth-order valence-electron chi connectivity index (χ4n) is 3.38. The number of carboxylic acid groups (broad SMARTS) is 1. The number of aromatic nitrogens is 1. The van der Waals surface area contributed by atoms with Crippen LogP contribution in [0.25, 0.3) is 11.1 Å². The van der Waals surface area contributed by atoms with Crippen molar-refractivity contribution < 1.29 is 28.8 Å². The number of aryl methyl sites for hydroxylation is 2. The first-order chi connectivity index (χ1) is 14.7. The Hall–Kier alpha value is -2.95. The number of amides is 3. The van der Waals surface area contributed by atoms with E-state index in [9.17, 15) is 24.3 Å². The summed E-state index contributed by atoms with van der Waals surface area (Å²) < 4.78 is 5.20. The van der Waals surface area contributed by atoms with Gasteiger partial charge in [-0.1, -0.05) is 23.4 Å². The molecule has 11 heteroatoms. The quantitative estimate of drug-likeness (QED) is 0.441. The molecule has 0 spiro atoms. The van der Waals surface area contributed by atoms with Crippen LogP contribution in [0.4, 0.5) is 4.79 Å². The molecule has 0 saturated heterocycles. The van der Waals surface area contributed by atoms with Gasteiger partial charge in [0.15, 0.2) is 11.8 Å². The zero-order valence-corrected chi connectivity index (χ0v) is 17.2. The van der Waals surface area contributed by atoms with E-state index in [0.717, 1.165) is 11.1 Å². The molecule has 1 aromatic heterocycles. The van der Waals surface area contributed by atoms with E-state index >= 15 is 0 Å². The summed E-state index contributed by atoms with van der Waals surface area (Å²) in [6.45, 7) is 3.56. The molecule has 2 aromatic rings. The summed E-state index contributed by atoms with van der Waals surface area (Å²) in [5.41, 5.74) is 2.76. The van der Waals surface area contributed by atoms with E-state index in [1.165, 1.54) is 24.2 Å². The molecule has 0 bridgehead atoms. The molecule has 0 saturated carbocycles. The van der Waals surface area contributed by atoms with Gasteiger partial charge in [0.25, 0.3) is 5.91 Å². The van der Waals surface area contributed by atoms with Crippen molar-refractivity contribution in [3.8, 4) is 11.1 Å². The molecule has 32 heavy (non-hydrogen) atoms. The number of carbonyl (C=O) groups excluding carboxylic acids is 3. The number of rotatable bonds is 6. The van der Waals surface area contributed by atoms with Gasteiger partial charge in [-0.25, -0.2) is 4.79 Å². The zero-order chi connectivity index (χ0) is 22.7.